The van der Waals surface area contributed by atoms with Gasteiger partial charge in [0.05, 0.1) is 11.1 Å². The Balaban J connectivity index is 1.83. The Kier molecular flexibility index (Phi) is 3.70. The van der Waals surface area contributed by atoms with Crippen LogP contribution in [0.2, 0.25) is 0 Å². The average Bonchev–Trinajstić information content (AvgIpc) is 2.91. The number of carbonyl (C=O) groups is 1. The monoisotopic (exact) mass is 304 g/mol. The van der Waals surface area contributed by atoms with Crippen LogP contribution in [0.25, 0.3) is 10.9 Å². The highest BCUT2D eigenvalue weighted by atomic mass is 19.1. The second-order valence-corrected chi connectivity index (χ2v) is 5.86. The van der Waals surface area contributed by atoms with Gasteiger partial charge in [0.15, 0.2) is 0 Å². The summed E-state index contributed by atoms with van der Waals surface area (Å²) in [6.45, 7) is 0.132. The Labute approximate surface area is 126 Å². The minimum atomic E-state index is -0.873. The average molecular weight is 304 g/mol. The maximum absolute atomic E-state index is 13.1. The van der Waals surface area contributed by atoms with Gasteiger partial charge in [-0.1, -0.05) is 12.8 Å². The lowest BCUT2D eigenvalue weighted by Gasteiger charge is -2.22. The van der Waals surface area contributed by atoms with E-state index in [1.165, 1.54) is 24.3 Å². The van der Waals surface area contributed by atoms with Gasteiger partial charge in [-0.3, -0.25) is 9.59 Å². The van der Waals surface area contributed by atoms with Crippen molar-refractivity contribution in [3.8, 4) is 0 Å². The number of halogens is 1. The van der Waals surface area contributed by atoms with E-state index in [-0.39, 0.29) is 12.1 Å². The summed E-state index contributed by atoms with van der Waals surface area (Å²) in [7, 11) is 0. The van der Waals surface area contributed by atoms with E-state index < -0.39 is 22.9 Å². The number of hydrogen-bond donors (Lipinski definition) is 3. The Bertz CT molecular complexity index is 779. The first kappa shape index (κ1) is 14.7. The molecule has 1 fully saturated rings. The van der Waals surface area contributed by atoms with Gasteiger partial charge < -0.3 is 15.4 Å². The van der Waals surface area contributed by atoms with Crippen LogP contribution < -0.4 is 10.9 Å². The number of nitrogens with one attached hydrogen (secondary N) is 2. The summed E-state index contributed by atoms with van der Waals surface area (Å²) in [5, 5.41) is 13.4. The van der Waals surface area contributed by atoms with E-state index in [9.17, 15) is 19.1 Å². The van der Waals surface area contributed by atoms with E-state index >= 15 is 0 Å². The fourth-order valence-corrected chi connectivity index (χ4v) is 2.89. The van der Waals surface area contributed by atoms with Gasteiger partial charge in [0, 0.05) is 6.54 Å². The third kappa shape index (κ3) is 2.87. The molecule has 1 aromatic heterocycles. The lowest BCUT2D eigenvalue weighted by Crippen LogP contribution is -2.42. The van der Waals surface area contributed by atoms with Crippen LogP contribution in [-0.4, -0.2) is 28.1 Å². The zero-order valence-corrected chi connectivity index (χ0v) is 12.0. The van der Waals surface area contributed by atoms with Gasteiger partial charge in [-0.2, -0.15) is 0 Å². The van der Waals surface area contributed by atoms with E-state index in [4.69, 9.17) is 0 Å². The molecule has 0 bridgehead atoms. The highest BCUT2D eigenvalue weighted by molar-refractivity contribution is 5.97. The standard InChI is InChI=1S/C16H17FN2O3/c17-11-4-3-10-7-12(15(21)19-13(10)8-11)14(20)18-9-16(22)5-1-2-6-16/h3-4,7-8,22H,1-2,5-6,9H2,(H,18,20)(H,19,21). The number of H-pyrrole nitrogens is 1. The van der Waals surface area contributed by atoms with Crippen molar-refractivity contribution in [2.24, 2.45) is 0 Å². The normalized spacial score (nSPS) is 16.8. The van der Waals surface area contributed by atoms with Crippen molar-refractivity contribution in [2.45, 2.75) is 31.3 Å². The fourth-order valence-electron chi connectivity index (χ4n) is 2.89. The van der Waals surface area contributed by atoms with Gasteiger partial charge in [-0.15, -0.1) is 0 Å². The summed E-state index contributed by atoms with van der Waals surface area (Å²) in [4.78, 5) is 26.6. The summed E-state index contributed by atoms with van der Waals surface area (Å²) < 4.78 is 13.1. The van der Waals surface area contributed by atoms with Gasteiger partial charge in [0.25, 0.3) is 11.5 Å². The van der Waals surface area contributed by atoms with Crippen LogP contribution in [0.15, 0.2) is 29.1 Å². The second kappa shape index (κ2) is 5.53. The molecule has 1 saturated carbocycles. The van der Waals surface area contributed by atoms with Crippen LogP contribution in [0.1, 0.15) is 36.0 Å². The van der Waals surface area contributed by atoms with Crippen LogP contribution in [0.4, 0.5) is 4.39 Å². The first-order valence-electron chi connectivity index (χ1n) is 7.30. The Morgan fingerprint density at radius 1 is 1.32 bits per heavy atom. The van der Waals surface area contributed by atoms with Crippen LogP contribution in [-0.2, 0) is 0 Å². The topological polar surface area (TPSA) is 82.2 Å². The van der Waals surface area contributed by atoms with Crippen molar-refractivity contribution in [1.29, 1.82) is 0 Å². The smallest absolute Gasteiger partial charge is 0.261 e. The number of aliphatic hydroxyl groups is 1. The molecule has 0 unspecified atom stereocenters. The molecule has 0 spiro atoms. The number of aromatic nitrogens is 1. The molecule has 5 nitrogen and oxygen atoms in total. The Morgan fingerprint density at radius 3 is 2.77 bits per heavy atom. The number of fused-ring (bicyclic) bond motifs is 1. The van der Waals surface area contributed by atoms with Gasteiger partial charge in [0.1, 0.15) is 11.4 Å². The van der Waals surface area contributed by atoms with Crippen molar-refractivity contribution in [3.63, 3.8) is 0 Å². The summed E-state index contributed by atoms with van der Waals surface area (Å²) in [5.74, 6) is -0.989. The summed E-state index contributed by atoms with van der Waals surface area (Å²) in [5.41, 5.74) is -1.15. The largest absolute Gasteiger partial charge is 0.388 e. The highest BCUT2D eigenvalue weighted by Gasteiger charge is 2.31. The van der Waals surface area contributed by atoms with Gasteiger partial charge in [-0.05, 0) is 42.5 Å². The molecule has 3 N–H and O–H groups in total. The molecular weight excluding hydrogens is 287 g/mol. The lowest BCUT2D eigenvalue weighted by atomic mass is 10.0. The second-order valence-electron chi connectivity index (χ2n) is 5.86. The SMILES string of the molecule is O=C(NCC1(O)CCCC1)c1cc2ccc(F)cc2[nH]c1=O. The molecule has 0 radical (unpaired) electrons. The molecule has 6 heteroatoms. The quantitative estimate of drug-likeness (QED) is 0.807. The minimum absolute atomic E-state index is 0.0410. The predicted octanol–water partition coefficient (Wildman–Crippen LogP) is 1.70. The molecule has 2 aromatic rings. The molecule has 1 aliphatic rings. The number of benzene rings is 1. The number of aromatic amines is 1. The summed E-state index contributed by atoms with van der Waals surface area (Å²) in [6.07, 6.45) is 3.18. The first-order valence-corrected chi connectivity index (χ1v) is 7.30. The number of carbonyl (C=O) groups excluding carboxylic acids is 1. The van der Waals surface area contributed by atoms with E-state index in [0.717, 1.165) is 12.8 Å². The van der Waals surface area contributed by atoms with Crippen LogP contribution >= 0.6 is 0 Å². The van der Waals surface area contributed by atoms with E-state index in [2.05, 4.69) is 10.3 Å². The van der Waals surface area contributed by atoms with E-state index in [1.54, 1.807) is 0 Å². The van der Waals surface area contributed by atoms with Gasteiger partial charge in [-0.25, -0.2) is 4.39 Å². The fraction of sp³-hybridized carbons (Fsp3) is 0.375. The molecule has 3 rings (SSSR count). The number of hydrogen-bond acceptors (Lipinski definition) is 3. The van der Waals surface area contributed by atoms with Crippen molar-refractivity contribution in [2.75, 3.05) is 6.54 Å². The first-order chi connectivity index (χ1) is 10.5. The molecule has 1 aromatic carbocycles. The molecule has 116 valence electrons. The van der Waals surface area contributed by atoms with Crippen LogP contribution in [0.3, 0.4) is 0 Å². The zero-order chi connectivity index (χ0) is 15.7. The molecule has 0 saturated heterocycles. The maximum Gasteiger partial charge on any atom is 0.261 e. The molecular formula is C16H17FN2O3. The molecule has 1 heterocycles. The number of pyridine rings is 1. The highest BCUT2D eigenvalue weighted by Crippen LogP contribution is 2.28. The lowest BCUT2D eigenvalue weighted by molar-refractivity contribution is 0.0449. The van der Waals surface area contributed by atoms with Crippen molar-refractivity contribution >= 4 is 16.8 Å². The molecule has 22 heavy (non-hydrogen) atoms. The van der Waals surface area contributed by atoms with Gasteiger partial charge >= 0.3 is 0 Å². The third-order valence-corrected chi connectivity index (χ3v) is 4.16. The van der Waals surface area contributed by atoms with Crippen molar-refractivity contribution in [1.82, 2.24) is 10.3 Å². The molecule has 1 amide bonds. The predicted molar refractivity (Wildman–Crippen MR) is 80.3 cm³/mol. The van der Waals surface area contributed by atoms with Crippen LogP contribution in [0, 0.1) is 5.82 Å². The van der Waals surface area contributed by atoms with Crippen LogP contribution in [0.5, 0.6) is 0 Å². The van der Waals surface area contributed by atoms with Gasteiger partial charge in [0.2, 0.25) is 0 Å². The zero-order valence-electron chi connectivity index (χ0n) is 12.0. The molecule has 1 aliphatic carbocycles. The summed E-state index contributed by atoms with van der Waals surface area (Å²) >= 11 is 0. The van der Waals surface area contributed by atoms with Crippen molar-refractivity contribution < 1.29 is 14.3 Å². The maximum atomic E-state index is 13.1. The Morgan fingerprint density at radius 2 is 2.05 bits per heavy atom. The summed E-state index contributed by atoms with van der Waals surface area (Å²) in [6, 6.07) is 5.41. The van der Waals surface area contributed by atoms with Crippen molar-refractivity contribution in [3.05, 3.63) is 46.0 Å². The Hall–Kier alpha value is -2.21. The third-order valence-electron chi connectivity index (χ3n) is 4.16. The minimum Gasteiger partial charge on any atom is -0.388 e. The molecule has 0 atom stereocenters. The molecule has 0 aliphatic heterocycles. The number of amides is 1. The number of rotatable bonds is 3. The van der Waals surface area contributed by atoms with E-state index in [0.29, 0.717) is 23.7 Å². The van der Waals surface area contributed by atoms with E-state index in [1.807, 2.05) is 0 Å².